The van der Waals surface area contributed by atoms with E-state index in [1.54, 1.807) is 0 Å². The lowest BCUT2D eigenvalue weighted by atomic mass is 10.4. The van der Waals surface area contributed by atoms with Crippen LogP contribution in [-0.4, -0.2) is 28.8 Å². The molecule has 1 heterocycles. The van der Waals surface area contributed by atoms with E-state index in [4.69, 9.17) is 4.74 Å². The van der Waals surface area contributed by atoms with Crippen molar-refractivity contribution < 1.29 is 4.74 Å². The first-order valence-electron chi connectivity index (χ1n) is 4.97. The molecule has 1 N–H and O–H groups in total. The van der Waals surface area contributed by atoms with E-state index < -0.39 is 0 Å². The first-order chi connectivity index (χ1) is 6.70. The quantitative estimate of drug-likeness (QED) is 0.690. The van der Waals surface area contributed by atoms with E-state index >= 15 is 0 Å². The Labute approximate surface area is 85.3 Å². The number of nitrogens with zero attached hydrogens (tertiary/aromatic N) is 2. The molecule has 0 amide bonds. The van der Waals surface area contributed by atoms with E-state index in [-0.39, 0.29) is 0 Å². The van der Waals surface area contributed by atoms with Crippen molar-refractivity contribution in [2.45, 2.75) is 26.5 Å². The molecular formula is C10H19N3O. The molecule has 1 rings (SSSR count). The molecule has 80 valence electrons. The lowest BCUT2D eigenvalue weighted by Gasteiger charge is -2.08. The second-order valence-corrected chi connectivity index (χ2v) is 3.59. The van der Waals surface area contributed by atoms with E-state index in [1.165, 1.54) is 5.69 Å². The average Bonchev–Trinajstić information content (AvgIpc) is 2.51. The molecule has 4 nitrogen and oxygen atoms in total. The zero-order valence-corrected chi connectivity index (χ0v) is 9.16. The molecule has 0 aliphatic rings. The summed E-state index contributed by atoms with van der Waals surface area (Å²) in [5.41, 5.74) is 1.19. The fourth-order valence-electron chi connectivity index (χ4n) is 1.14. The van der Waals surface area contributed by atoms with Gasteiger partial charge in [-0.2, -0.15) is 0 Å². The monoisotopic (exact) mass is 197 g/mol. The maximum atomic E-state index is 5.41. The summed E-state index contributed by atoms with van der Waals surface area (Å²) in [7, 11) is 1.99. The third-order valence-corrected chi connectivity index (χ3v) is 1.95. The topological polar surface area (TPSA) is 39.1 Å². The Morgan fingerprint density at radius 1 is 1.57 bits per heavy atom. The molecule has 0 aliphatic carbocycles. The number of imidazole rings is 1. The lowest BCUT2D eigenvalue weighted by molar-refractivity contribution is 0.0806. The molecule has 0 aromatic carbocycles. The highest BCUT2D eigenvalue weighted by Gasteiger charge is 1.97. The van der Waals surface area contributed by atoms with Crippen molar-refractivity contribution in [1.82, 2.24) is 14.9 Å². The standard InChI is InChI=1S/C10H19N3O/c1-9(2)14-5-4-11-6-10-7-12-8-13(10)3/h7-9,11H,4-6H2,1-3H3. The molecule has 0 radical (unpaired) electrons. The predicted molar refractivity (Wildman–Crippen MR) is 56.0 cm³/mol. The Kier molecular flexibility index (Phi) is 4.62. The van der Waals surface area contributed by atoms with Gasteiger partial charge in [0, 0.05) is 26.3 Å². The summed E-state index contributed by atoms with van der Waals surface area (Å²) in [5, 5.41) is 3.30. The Hall–Kier alpha value is -0.870. The van der Waals surface area contributed by atoms with Crippen molar-refractivity contribution in [2.24, 2.45) is 7.05 Å². The third kappa shape index (κ3) is 3.89. The highest BCUT2D eigenvalue weighted by Crippen LogP contribution is 1.94. The Bertz CT molecular complexity index is 258. The van der Waals surface area contributed by atoms with Gasteiger partial charge in [-0.1, -0.05) is 0 Å². The van der Waals surface area contributed by atoms with Gasteiger partial charge in [-0.3, -0.25) is 0 Å². The zero-order valence-electron chi connectivity index (χ0n) is 9.16. The third-order valence-electron chi connectivity index (χ3n) is 1.95. The van der Waals surface area contributed by atoms with E-state index in [1.807, 2.05) is 38.0 Å². The number of ether oxygens (including phenoxy) is 1. The maximum absolute atomic E-state index is 5.41. The second kappa shape index (κ2) is 5.78. The molecular weight excluding hydrogens is 178 g/mol. The highest BCUT2D eigenvalue weighted by atomic mass is 16.5. The van der Waals surface area contributed by atoms with Gasteiger partial charge in [0.1, 0.15) is 0 Å². The van der Waals surface area contributed by atoms with Crippen LogP contribution in [-0.2, 0) is 18.3 Å². The maximum Gasteiger partial charge on any atom is 0.0945 e. The van der Waals surface area contributed by atoms with Gasteiger partial charge in [0.2, 0.25) is 0 Å². The fourth-order valence-corrected chi connectivity index (χ4v) is 1.14. The zero-order chi connectivity index (χ0) is 10.4. The van der Waals surface area contributed by atoms with Crippen LogP contribution in [0.5, 0.6) is 0 Å². The Balaban J connectivity index is 2.08. The summed E-state index contributed by atoms with van der Waals surface area (Å²) >= 11 is 0. The molecule has 1 aromatic rings. The van der Waals surface area contributed by atoms with Gasteiger partial charge >= 0.3 is 0 Å². The number of aromatic nitrogens is 2. The summed E-state index contributed by atoms with van der Waals surface area (Å²) in [4.78, 5) is 4.04. The predicted octanol–water partition coefficient (Wildman–Crippen LogP) is 0.935. The Morgan fingerprint density at radius 3 is 2.93 bits per heavy atom. The summed E-state index contributed by atoms with van der Waals surface area (Å²) in [6.45, 7) is 6.57. The second-order valence-electron chi connectivity index (χ2n) is 3.59. The van der Waals surface area contributed by atoms with Gasteiger partial charge < -0.3 is 14.6 Å². The summed E-state index contributed by atoms with van der Waals surface area (Å²) in [5.74, 6) is 0. The van der Waals surface area contributed by atoms with Crippen LogP contribution < -0.4 is 5.32 Å². The van der Waals surface area contributed by atoms with Gasteiger partial charge in [0.25, 0.3) is 0 Å². The van der Waals surface area contributed by atoms with Crippen molar-refractivity contribution in [1.29, 1.82) is 0 Å². The van der Waals surface area contributed by atoms with Gasteiger partial charge in [-0.25, -0.2) is 4.98 Å². The van der Waals surface area contributed by atoms with Crippen molar-refractivity contribution in [2.75, 3.05) is 13.2 Å². The smallest absolute Gasteiger partial charge is 0.0945 e. The van der Waals surface area contributed by atoms with E-state index in [0.717, 1.165) is 19.7 Å². The van der Waals surface area contributed by atoms with Gasteiger partial charge in [0.15, 0.2) is 0 Å². The molecule has 1 aromatic heterocycles. The van der Waals surface area contributed by atoms with E-state index in [9.17, 15) is 0 Å². The van der Waals surface area contributed by atoms with Crippen LogP contribution in [0, 0.1) is 0 Å². The number of hydrogen-bond acceptors (Lipinski definition) is 3. The molecule has 0 spiro atoms. The van der Waals surface area contributed by atoms with Crippen molar-refractivity contribution in [3.8, 4) is 0 Å². The van der Waals surface area contributed by atoms with Crippen LogP contribution in [0.4, 0.5) is 0 Å². The first-order valence-corrected chi connectivity index (χ1v) is 4.97. The molecule has 0 aliphatic heterocycles. The van der Waals surface area contributed by atoms with Crippen LogP contribution in [0.1, 0.15) is 19.5 Å². The fraction of sp³-hybridized carbons (Fsp3) is 0.700. The molecule has 0 atom stereocenters. The lowest BCUT2D eigenvalue weighted by Crippen LogP contribution is -2.21. The molecule has 14 heavy (non-hydrogen) atoms. The Morgan fingerprint density at radius 2 is 2.36 bits per heavy atom. The summed E-state index contributed by atoms with van der Waals surface area (Å²) in [6.07, 6.45) is 3.99. The molecule has 0 bridgehead atoms. The SMILES string of the molecule is CC(C)OCCNCc1cncn1C. The van der Waals surface area contributed by atoms with Crippen molar-refractivity contribution in [3.05, 3.63) is 18.2 Å². The van der Waals surface area contributed by atoms with E-state index in [2.05, 4.69) is 10.3 Å². The number of aryl methyl sites for hydroxylation is 1. The van der Waals surface area contributed by atoms with Crippen LogP contribution in [0.3, 0.4) is 0 Å². The largest absolute Gasteiger partial charge is 0.377 e. The van der Waals surface area contributed by atoms with Gasteiger partial charge in [-0.05, 0) is 13.8 Å². The molecule has 0 fully saturated rings. The molecule has 0 saturated carbocycles. The van der Waals surface area contributed by atoms with Crippen molar-refractivity contribution >= 4 is 0 Å². The number of hydrogen-bond donors (Lipinski definition) is 1. The number of nitrogens with one attached hydrogen (secondary N) is 1. The van der Waals surface area contributed by atoms with E-state index in [0.29, 0.717) is 6.10 Å². The van der Waals surface area contributed by atoms with Crippen LogP contribution in [0.25, 0.3) is 0 Å². The normalized spacial score (nSPS) is 11.1. The molecule has 4 heteroatoms. The summed E-state index contributed by atoms with van der Waals surface area (Å²) in [6, 6.07) is 0. The minimum atomic E-state index is 0.313. The van der Waals surface area contributed by atoms with Gasteiger partial charge in [0.05, 0.1) is 24.7 Å². The van der Waals surface area contributed by atoms with Crippen LogP contribution in [0.15, 0.2) is 12.5 Å². The summed E-state index contributed by atoms with van der Waals surface area (Å²) < 4.78 is 7.42. The van der Waals surface area contributed by atoms with Crippen LogP contribution >= 0.6 is 0 Å². The number of rotatable bonds is 6. The minimum Gasteiger partial charge on any atom is -0.377 e. The highest BCUT2D eigenvalue weighted by molar-refractivity contribution is 4.96. The molecule has 0 unspecified atom stereocenters. The van der Waals surface area contributed by atoms with Crippen molar-refractivity contribution in [3.63, 3.8) is 0 Å². The van der Waals surface area contributed by atoms with Gasteiger partial charge in [-0.15, -0.1) is 0 Å². The minimum absolute atomic E-state index is 0.313. The average molecular weight is 197 g/mol. The van der Waals surface area contributed by atoms with Crippen LogP contribution in [0.2, 0.25) is 0 Å². The molecule has 0 saturated heterocycles. The first kappa shape index (κ1) is 11.2.